The maximum atomic E-state index is 10.3. The molecule has 0 spiro atoms. The van der Waals surface area contributed by atoms with E-state index in [2.05, 4.69) is 81.4 Å². The number of hydrogen-bond acceptors (Lipinski definition) is 5. The van der Waals surface area contributed by atoms with Crippen molar-refractivity contribution in [3.63, 3.8) is 0 Å². The van der Waals surface area contributed by atoms with Gasteiger partial charge in [-0.3, -0.25) is 0 Å². The Hall–Kier alpha value is -1.54. The molecular weight excluding hydrogens is 456 g/mol. The lowest BCUT2D eigenvalue weighted by Crippen LogP contribution is -2.66. The van der Waals surface area contributed by atoms with Crippen LogP contribution in [0.3, 0.4) is 0 Å². The summed E-state index contributed by atoms with van der Waals surface area (Å²) in [7, 11) is -2.57. The summed E-state index contributed by atoms with van der Waals surface area (Å²) < 4.78 is 19.8. The van der Waals surface area contributed by atoms with E-state index >= 15 is 0 Å². The van der Waals surface area contributed by atoms with Gasteiger partial charge in [0.2, 0.25) is 0 Å². The molecule has 4 atom stereocenters. The molecular formula is C29H42O5Si. The first-order chi connectivity index (χ1) is 16.8. The van der Waals surface area contributed by atoms with E-state index in [4.69, 9.17) is 13.9 Å². The largest absolute Gasteiger partial charge is 0.407 e. The molecule has 0 saturated carbocycles. The summed E-state index contributed by atoms with van der Waals surface area (Å²) in [6.45, 7) is 7.64. The topological polar surface area (TPSA) is 68.2 Å². The summed E-state index contributed by atoms with van der Waals surface area (Å²) in [5, 5.41) is 22.0. The van der Waals surface area contributed by atoms with Crippen molar-refractivity contribution >= 4 is 18.7 Å². The second-order valence-corrected chi connectivity index (χ2v) is 15.5. The Morgan fingerprint density at radius 2 is 1.54 bits per heavy atom. The maximum absolute atomic E-state index is 10.3. The van der Waals surface area contributed by atoms with Crippen LogP contribution >= 0.6 is 0 Å². The smallest absolute Gasteiger partial charge is 0.261 e. The Morgan fingerprint density at radius 3 is 2.09 bits per heavy atom. The minimum Gasteiger partial charge on any atom is -0.407 e. The molecule has 2 saturated heterocycles. The number of hydrogen-bond donors (Lipinski definition) is 2. The number of ether oxygens (including phenoxy) is 2. The van der Waals surface area contributed by atoms with Gasteiger partial charge in [0.1, 0.15) is 5.60 Å². The van der Waals surface area contributed by atoms with Crippen molar-refractivity contribution in [2.75, 3.05) is 19.8 Å². The van der Waals surface area contributed by atoms with Crippen molar-refractivity contribution in [2.24, 2.45) is 0 Å². The number of aliphatic hydroxyl groups excluding tert-OH is 2. The third-order valence-corrected chi connectivity index (χ3v) is 12.8. The Labute approximate surface area is 211 Å². The van der Waals surface area contributed by atoms with Gasteiger partial charge in [-0.2, -0.15) is 0 Å². The first-order valence-electron chi connectivity index (χ1n) is 13.1. The molecule has 2 aliphatic rings. The molecule has 35 heavy (non-hydrogen) atoms. The van der Waals surface area contributed by atoms with Crippen LogP contribution in [-0.4, -0.2) is 62.3 Å². The van der Waals surface area contributed by atoms with Crippen LogP contribution in [0.25, 0.3) is 0 Å². The Balaban J connectivity index is 1.50. The van der Waals surface area contributed by atoms with E-state index in [1.807, 2.05) is 0 Å². The molecule has 192 valence electrons. The zero-order valence-electron chi connectivity index (χ0n) is 21.5. The highest BCUT2D eigenvalue weighted by Gasteiger charge is 2.53. The van der Waals surface area contributed by atoms with E-state index in [9.17, 15) is 10.2 Å². The van der Waals surface area contributed by atoms with Gasteiger partial charge in [-0.05, 0) is 47.5 Å². The third kappa shape index (κ3) is 5.43. The monoisotopic (exact) mass is 498 g/mol. The van der Waals surface area contributed by atoms with E-state index in [-0.39, 0.29) is 36.6 Å². The molecule has 2 aromatic carbocycles. The van der Waals surface area contributed by atoms with Crippen molar-refractivity contribution in [2.45, 2.75) is 88.2 Å². The van der Waals surface area contributed by atoms with Crippen LogP contribution in [0.4, 0.5) is 0 Å². The second-order valence-electron chi connectivity index (χ2n) is 11.2. The van der Waals surface area contributed by atoms with E-state index < -0.39 is 13.9 Å². The normalized spacial score (nSPS) is 27.1. The van der Waals surface area contributed by atoms with E-state index in [1.54, 1.807) is 0 Å². The average molecular weight is 499 g/mol. The molecule has 0 bridgehead atoms. The lowest BCUT2D eigenvalue weighted by molar-refractivity contribution is -0.185. The fraction of sp³-hybridized carbons (Fsp3) is 0.586. The third-order valence-electron chi connectivity index (χ3n) is 7.80. The average Bonchev–Trinajstić information content (AvgIpc) is 3.24. The Bertz CT molecular complexity index is 876. The first kappa shape index (κ1) is 26.5. The summed E-state index contributed by atoms with van der Waals surface area (Å²) in [5.41, 5.74) is -0.625. The van der Waals surface area contributed by atoms with Crippen molar-refractivity contribution in [1.82, 2.24) is 0 Å². The molecule has 6 heteroatoms. The minimum absolute atomic E-state index is 0.0284. The zero-order valence-corrected chi connectivity index (χ0v) is 22.5. The summed E-state index contributed by atoms with van der Waals surface area (Å²) in [5.74, 6) is 0. The van der Waals surface area contributed by atoms with Crippen LogP contribution in [-0.2, 0) is 13.9 Å². The molecule has 4 rings (SSSR count). The van der Waals surface area contributed by atoms with Gasteiger partial charge in [0.25, 0.3) is 8.32 Å². The lowest BCUT2D eigenvalue weighted by atomic mass is 9.86. The van der Waals surface area contributed by atoms with Crippen LogP contribution in [0, 0.1) is 0 Å². The second kappa shape index (κ2) is 11.2. The van der Waals surface area contributed by atoms with Crippen LogP contribution in [0.2, 0.25) is 5.04 Å². The maximum Gasteiger partial charge on any atom is 0.261 e. The van der Waals surface area contributed by atoms with Gasteiger partial charge in [0.05, 0.1) is 24.9 Å². The van der Waals surface area contributed by atoms with Crippen LogP contribution in [0.15, 0.2) is 60.7 Å². The van der Waals surface area contributed by atoms with Gasteiger partial charge >= 0.3 is 0 Å². The molecule has 5 nitrogen and oxygen atoms in total. The number of aliphatic hydroxyl groups is 2. The molecule has 0 unspecified atom stereocenters. The van der Waals surface area contributed by atoms with Crippen molar-refractivity contribution in [3.05, 3.63) is 60.7 Å². The molecule has 2 fully saturated rings. The summed E-state index contributed by atoms with van der Waals surface area (Å²) in [6.07, 6.45) is 4.83. The standard InChI is InChI=1S/C29H42O5Si/c1-28(2,3)35(25-12-6-4-7-13-25,26-14-8-5-9-15-26)32-20-18-23-16-17-27-29(22-31,34-23)21-24(33-27)11-10-19-30/h4-9,12-15,23-24,27,30-31H,10-11,16-22H2,1-3H3/t23-,24+,27+,29-/m1/s1. The zero-order chi connectivity index (χ0) is 24.9. The van der Waals surface area contributed by atoms with Crippen molar-refractivity contribution < 1.29 is 24.1 Å². The van der Waals surface area contributed by atoms with Gasteiger partial charge < -0.3 is 24.1 Å². The van der Waals surface area contributed by atoms with E-state index in [0.717, 1.165) is 25.7 Å². The SMILES string of the molecule is CC(C)(C)[Si](OCC[C@H]1CC[C@@H]2O[C@@H](CCCO)C[C@]2(CO)O1)(c1ccccc1)c1ccccc1. The Kier molecular flexibility index (Phi) is 8.52. The van der Waals surface area contributed by atoms with Crippen molar-refractivity contribution in [1.29, 1.82) is 0 Å². The van der Waals surface area contributed by atoms with E-state index in [1.165, 1.54) is 10.4 Å². The molecule has 2 aliphatic heterocycles. The molecule has 2 aromatic rings. The van der Waals surface area contributed by atoms with Crippen molar-refractivity contribution in [3.8, 4) is 0 Å². The molecule has 2 N–H and O–H groups in total. The predicted octanol–water partition coefficient (Wildman–Crippen LogP) is 3.79. The van der Waals surface area contributed by atoms with Crippen LogP contribution in [0.1, 0.15) is 59.3 Å². The van der Waals surface area contributed by atoms with E-state index in [0.29, 0.717) is 19.4 Å². The Morgan fingerprint density at radius 1 is 0.914 bits per heavy atom. The van der Waals surface area contributed by atoms with Gasteiger partial charge in [-0.15, -0.1) is 0 Å². The lowest BCUT2D eigenvalue weighted by Gasteiger charge is -2.44. The van der Waals surface area contributed by atoms with Crippen LogP contribution in [0.5, 0.6) is 0 Å². The highest BCUT2D eigenvalue weighted by molar-refractivity contribution is 6.99. The molecule has 0 aromatic heterocycles. The fourth-order valence-corrected chi connectivity index (χ4v) is 10.7. The van der Waals surface area contributed by atoms with Gasteiger partial charge in [0, 0.05) is 19.6 Å². The predicted molar refractivity (Wildman–Crippen MR) is 142 cm³/mol. The molecule has 0 amide bonds. The highest BCUT2D eigenvalue weighted by Crippen LogP contribution is 2.43. The number of rotatable bonds is 10. The molecule has 2 heterocycles. The summed E-state index contributed by atoms with van der Waals surface area (Å²) >= 11 is 0. The number of benzene rings is 2. The molecule has 0 aliphatic carbocycles. The van der Waals surface area contributed by atoms with Gasteiger partial charge in [-0.25, -0.2) is 0 Å². The summed E-state index contributed by atoms with van der Waals surface area (Å²) in [6, 6.07) is 21.4. The first-order valence-corrected chi connectivity index (χ1v) is 15.1. The number of fused-ring (bicyclic) bond motifs is 1. The van der Waals surface area contributed by atoms with Crippen LogP contribution < -0.4 is 10.4 Å². The van der Waals surface area contributed by atoms with Gasteiger partial charge in [-0.1, -0.05) is 81.4 Å². The fourth-order valence-electron chi connectivity index (χ4n) is 6.11. The van der Waals surface area contributed by atoms with Gasteiger partial charge in [0.15, 0.2) is 0 Å². The quantitative estimate of drug-likeness (QED) is 0.488. The highest BCUT2D eigenvalue weighted by atomic mass is 28.4. The molecule has 0 radical (unpaired) electrons. The summed E-state index contributed by atoms with van der Waals surface area (Å²) in [4.78, 5) is 0. The minimum atomic E-state index is -2.57.